The number of fused-ring (bicyclic) bond motifs is 1. The van der Waals surface area contributed by atoms with Gasteiger partial charge in [-0.15, -0.1) is 0 Å². The maximum Gasteiger partial charge on any atom is 0.274 e. The molecule has 5 rings (SSSR count). The molecule has 1 unspecified atom stereocenters. The summed E-state index contributed by atoms with van der Waals surface area (Å²) in [7, 11) is 0. The van der Waals surface area contributed by atoms with Crippen LogP contribution in [0.25, 0.3) is 17.5 Å². The number of pyridine rings is 2. The van der Waals surface area contributed by atoms with Crippen LogP contribution in [0.1, 0.15) is 41.0 Å². The number of hydrogen-bond acceptors (Lipinski definition) is 5. The van der Waals surface area contributed by atoms with Gasteiger partial charge in [0.2, 0.25) is 0 Å². The van der Waals surface area contributed by atoms with Crippen LogP contribution < -0.4 is 15.5 Å². The van der Waals surface area contributed by atoms with Gasteiger partial charge < -0.3 is 20.5 Å². The molecule has 7 heteroatoms. The molecule has 3 aromatic rings. The molecule has 158 valence electrons. The van der Waals surface area contributed by atoms with Gasteiger partial charge in [-0.2, -0.15) is 0 Å². The number of aromatic nitrogens is 3. The zero-order valence-electron chi connectivity index (χ0n) is 17.6. The number of amides is 1. The number of nitrogens with one attached hydrogen (secondary N) is 3. The van der Waals surface area contributed by atoms with Gasteiger partial charge in [0, 0.05) is 38.1 Å². The van der Waals surface area contributed by atoms with Gasteiger partial charge in [-0.25, -0.2) is 4.98 Å². The van der Waals surface area contributed by atoms with Gasteiger partial charge in [0.1, 0.15) is 5.69 Å². The van der Waals surface area contributed by atoms with Crippen molar-refractivity contribution in [3.8, 4) is 11.4 Å². The number of H-pyrrole nitrogens is 1. The molecule has 1 fully saturated rings. The lowest BCUT2D eigenvalue weighted by molar-refractivity contribution is 0.102. The molecule has 1 saturated heterocycles. The van der Waals surface area contributed by atoms with Gasteiger partial charge in [0.25, 0.3) is 5.91 Å². The molecule has 1 aliphatic heterocycles. The zero-order chi connectivity index (χ0) is 21.2. The predicted molar refractivity (Wildman–Crippen MR) is 123 cm³/mol. The molecule has 1 amide bonds. The number of aromatic amines is 1. The first-order valence-corrected chi connectivity index (χ1v) is 10.8. The molecule has 1 atom stereocenters. The highest BCUT2D eigenvalue weighted by atomic mass is 16.1. The van der Waals surface area contributed by atoms with Gasteiger partial charge in [-0.05, 0) is 48.2 Å². The summed E-state index contributed by atoms with van der Waals surface area (Å²) in [5.41, 5.74) is 6.18. The second-order valence-electron chi connectivity index (χ2n) is 8.08. The van der Waals surface area contributed by atoms with Crippen LogP contribution in [0.5, 0.6) is 0 Å². The van der Waals surface area contributed by atoms with Crippen LogP contribution in [0, 0.1) is 0 Å². The molecular formula is C24H26N6O. The van der Waals surface area contributed by atoms with Gasteiger partial charge in [0.05, 0.1) is 29.0 Å². The van der Waals surface area contributed by atoms with Gasteiger partial charge >= 0.3 is 0 Å². The highest BCUT2D eigenvalue weighted by molar-refractivity contribution is 6.04. The van der Waals surface area contributed by atoms with E-state index in [1.807, 2.05) is 18.2 Å². The molecule has 1 aliphatic carbocycles. The van der Waals surface area contributed by atoms with Gasteiger partial charge in [0.15, 0.2) is 0 Å². The van der Waals surface area contributed by atoms with Crippen LogP contribution in [0.2, 0.25) is 0 Å². The van der Waals surface area contributed by atoms with E-state index in [2.05, 4.69) is 55.6 Å². The monoisotopic (exact) mass is 414 g/mol. The van der Waals surface area contributed by atoms with Crippen molar-refractivity contribution < 1.29 is 4.79 Å². The second kappa shape index (κ2) is 8.35. The Morgan fingerprint density at radius 1 is 1.23 bits per heavy atom. The third-order valence-electron chi connectivity index (χ3n) is 5.95. The van der Waals surface area contributed by atoms with Crippen LogP contribution in [0.4, 0.5) is 11.4 Å². The molecule has 0 aromatic carbocycles. The van der Waals surface area contributed by atoms with E-state index in [9.17, 15) is 4.79 Å². The van der Waals surface area contributed by atoms with E-state index in [4.69, 9.17) is 0 Å². The molecule has 0 bridgehead atoms. The molecule has 0 saturated carbocycles. The Hall–Kier alpha value is -3.45. The fourth-order valence-corrected chi connectivity index (χ4v) is 4.25. The summed E-state index contributed by atoms with van der Waals surface area (Å²) in [6.07, 6.45) is 8.81. The van der Waals surface area contributed by atoms with Crippen molar-refractivity contribution in [3.63, 3.8) is 0 Å². The summed E-state index contributed by atoms with van der Waals surface area (Å²) < 4.78 is 0. The first-order valence-electron chi connectivity index (χ1n) is 10.8. The van der Waals surface area contributed by atoms with E-state index in [1.165, 1.54) is 5.56 Å². The fourth-order valence-electron chi connectivity index (χ4n) is 4.25. The average Bonchev–Trinajstić information content (AvgIpc) is 3.26. The largest absolute Gasteiger partial charge is 0.367 e. The molecule has 31 heavy (non-hydrogen) atoms. The SMILES string of the molecule is CC1CC=Cc2[nH]c(-c3cccc(C(=O)Nc4cnccc4N4CCNCC4)n3)cc21. The van der Waals surface area contributed by atoms with Crippen LogP contribution in [0.3, 0.4) is 0 Å². The summed E-state index contributed by atoms with van der Waals surface area (Å²) in [5, 5.41) is 6.36. The number of allylic oxidation sites excluding steroid dienone is 1. The number of piperazine rings is 1. The zero-order valence-corrected chi connectivity index (χ0v) is 17.6. The lowest BCUT2D eigenvalue weighted by Crippen LogP contribution is -2.43. The minimum absolute atomic E-state index is 0.240. The summed E-state index contributed by atoms with van der Waals surface area (Å²) in [5.74, 6) is 0.237. The van der Waals surface area contributed by atoms with E-state index in [-0.39, 0.29) is 5.91 Å². The first kappa shape index (κ1) is 19.5. The maximum atomic E-state index is 13.0. The van der Waals surface area contributed by atoms with Crippen LogP contribution in [-0.2, 0) is 0 Å². The molecule has 7 nitrogen and oxygen atoms in total. The number of carbonyl (C=O) groups is 1. The summed E-state index contributed by atoms with van der Waals surface area (Å²) in [4.78, 5) is 27.6. The Morgan fingerprint density at radius 3 is 2.94 bits per heavy atom. The number of hydrogen-bond donors (Lipinski definition) is 3. The predicted octanol–water partition coefficient (Wildman–Crippen LogP) is 3.65. The van der Waals surface area contributed by atoms with Crippen molar-refractivity contribution in [1.82, 2.24) is 20.3 Å². The summed E-state index contributed by atoms with van der Waals surface area (Å²) >= 11 is 0. The Labute approximate surface area is 181 Å². The van der Waals surface area contributed by atoms with Crippen LogP contribution in [0.15, 0.2) is 48.8 Å². The molecule has 3 N–H and O–H groups in total. The Morgan fingerprint density at radius 2 is 2.10 bits per heavy atom. The lowest BCUT2D eigenvalue weighted by atomic mass is 9.93. The first-order chi connectivity index (χ1) is 15.2. The second-order valence-corrected chi connectivity index (χ2v) is 8.08. The van der Waals surface area contributed by atoms with Crippen molar-refractivity contribution in [1.29, 1.82) is 0 Å². The highest BCUT2D eigenvalue weighted by Crippen LogP contribution is 2.32. The minimum Gasteiger partial charge on any atom is -0.367 e. The van der Waals surface area contributed by atoms with Crippen molar-refractivity contribution >= 4 is 23.4 Å². The van der Waals surface area contributed by atoms with E-state index in [1.54, 1.807) is 18.5 Å². The number of anilines is 2. The quantitative estimate of drug-likeness (QED) is 0.607. The number of carbonyl (C=O) groups excluding carboxylic acids is 1. The van der Waals surface area contributed by atoms with E-state index in [0.29, 0.717) is 17.3 Å². The van der Waals surface area contributed by atoms with E-state index >= 15 is 0 Å². The van der Waals surface area contributed by atoms with E-state index in [0.717, 1.165) is 55.4 Å². The normalized spacial score (nSPS) is 18.0. The van der Waals surface area contributed by atoms with E-state index < -0.39 is 0 Å². The number of rotatable bonds is 4. The molecule has 2 aliphatic rings. The Bertz CT molecular complexity index is 1130. The Kier molecular flexibility index (Phi) is 5.26. The lowest BCUT2D eigenvalue weighted by Gasteiger charge is -2.30. The third kappa shape index (κ3) is 3.96. The smallest absolute Gasteiger partial charge is 0.274 e. The van der Waals surface area contributed by atoms with Gasteiger partial charge in [-0.3, -0.25) is 9.78 Å². The van der Waals surface area contributed by atoms with Crippen LogP contribution in [-0.4, -0.2) is 47.0 Å². The molecule has 0 spiro atoms. The molecule has 3 aromatic heterocycles. The van der Waals surface area contributed by atoms with Crippen molar-refractivity contribution in [2.75, 3.05) is 36.4 Å². The molecular weight excluding hydrogens is 388 g/mol. The van der Waals surface area contributed by atoms with Crippen molar-refractivity contribution in [2.45, 2.75) is 19.3 Å². The average molecular weight is 415 g/mol. The summed E-state index contributed by atoms with van der Waals surface area (Å²) in [6, 6.07) is 9.64. The fraction of sp³-hybridized carbons (Fsp3) is 0.292. The van der Waals surface area contributed by atoms with Crippen LogP contribution >= 0.6 is 0 Å². The highest BCUT2D eigenvalue weighted by Gasteiger charge is 2.19. The topological polar surface area (TPSA) is 85.9 Å². The standard InChI is InChI=1S/C24H26N6O/c1-16-4-2-5-18-17(16)14-21(27-18)19-6-3-7-20(28-19)24(31)29-22-15-26-9-8-23(22)30-12-10-25-11-13-30/h2-3,5-9,14-16,25,27H,4,10-13H2,1H3,(H,29,31). The van der Waals surface area contributed by atoms with Crippen molar-refractivity contribution in [3.05, 3.63) is 65.8 Å². The third-order valence-corrected chi connectivity index (χ3v) is 5.95. The van der Waals surface area contributed by atoms with Gasteiger partial charge in [-0.1, -0.05) is 19.1 Å². The molecule has 0 radical (unpaired) electrons. The Balaban J connectivity index is 1.39. The summed E-state index contributed by atoms with van der Waals surface area (Å²) in [6.45, 7) is 5.86. The van der Waals surface area contributed by atoms with Crippen molar-refractivity contribution in [2.24, 2.45) is 0 Å². The maximum absolute atomic E-state index is 13.0. The minimum atomic E-state index is -0.240. The number of nitrogens with zero attached hydrogens (tertiary/aromatic N) is 3. The molecule has 4 heterocycles.